The molecule has 172 valence electrons. The molecular formula is C26H23FN4O3. The zero-order valence-corrected chi connectivity index (χ0v) is 18.5. The molecule has 3 N–H and O–H groups in total. The van der Waals surface area contributed by atoms with Gasteiger partial charge in [-0.3, -0.25) is 19.6 Å². The van der Waals surface area contributed by atoms with E-state index in [9.17, 15) is 14.3 Å². The first-order valence-corrected chi connectivity index (χ1v) is 10.8. The molecule has 1 amide bonds. The van der Waals surface area contributed by atoms with Crippen molar-refractivity contribution in [1.29, 1.82) is 0 Å². The highest BCUT2D eigenvalue weighted by atomic mass is 19.1. The summed E-state index contributed by atoms with van der Waals surface area (Å²) in [6.45, 7) is 1.77. The van der Waals surface area contributed by atoms with E-state index in [1.165, 1.54) is 6.07 Å². The molecule has 0 saturated carbocycles. The van der Waals surface area contributed by atoms with Crippen molar-refractivity contribution in [2.45, 2.75) is 19.6 Å². The summed E-state index contributed by atoms with van der Waals surface area (Å²) in [6, 6.07) is 18.5. The molecule has 1 aliphatic heterocycles. The first-order chi connectivity index (χ1) is 16.4. The van der Waals surface area contributed by atoms with E-state index in [4.69, 9.17) is 10.3 Å². The van der Waals surface area contributed by atoms with Crippen molar-refractivity contribution in [1.82, 2.24) is 20.2 Å². The summed E-state index contributed by atoms with van der Waals surface area (Å²) < 4.78 is 16.6. The van der Waals surface area contributed by atoms with Crippen molar-refractivity contribution in [2.24, 2.45) is 0 Å². The van der Waals surface area contributed by atoms with Crippen LogP contribution in [-0.4, -0.2) is 37.9 Å². The van der Waals surface area contributed by atoms with Crippen LogP contribution in [0.25, 0.3) is 22.4 Å². The maximum absolute atomic E-state index is 14.8. The van der Waals surface area contributed by atoms with E-state index in [0.29, 0.717) is 36.3 Å². The summed E-state index contributed by atoms with van der Waals surface area (Å²) >= 11 is 0. The second kappa shape index (κ2) is 8.74. The quantitative estimate of drug-likeness (QED) is 0.308. The molecule has 7 nitrogen and oxygen atoms in total. The number of amides is 1. The molecule has 0 spiro atoms. The van der Waals surface area contributed by atoms with E-state index in [1.54, 1.807) is 54.0 Å². The number of benzene rings is 3. The molecule has 1 aromatic heterocycles. The number of aromatic nitrogens is 2. The van der Waals surface area contributed by atoms with Crippen molar-refractivity contribution in [3.8, 4) is 28.1 Å². The lowest BCUT2D eigenvalue weighted by molar-refractivity contribution is 0.0706. The van der Waals surface area contributed by atoms with Crippen LogP contribution in [-0.2, 0) is 19.6 Å². The van der Waals surface area contributed by atoms with Crippen LogP contribution in [0, 0.1) is 5.82 Å². The van der Waals surface area contributed by atoms with Crippen molar-refractivity contribution in [3.63, 3.8) is 0 Å². The third kappa shape index (κ3) is 3.93. The van der Waals surface area contributed by atoms with Crippen LogP contribution in [0.4, 0.5) is 4.39 Å². The molecule has 0 saturated heterocycles. The van der Waals surface area contributed by atoms with E-state index in [-0.39, 0.29) is 17.1 Å². The topological polar surface area (TPSA) is 90.6 Å². The van der Waals surface area contributed by atoms with Gasteiger partial charge in [-0.05, 0) is 54.6 Å². The normalized spacial score (nSPS) is 13.1. The highest BCUT2D eigenvalue weighted by molar-refractivity contribution is 5.94. The molecule has 4 aromatic rings. The number of fused-ring (bicyclic) bond motifs is 1. The van der Waals surface area contributed by atoms with E-state index in [2.05, 4.69) is 4.90 Å². The van der Waals surface area contributed by atoms with Crippen LogP contribution in [0.5, 0.6) is 5.75 Å². The fourth-order valence-electron chi connectivity index (χ4n) is 4.47. The molecule has 0 atom stereocenters. The minimum Gasteiger partial charge on any atom is -0.507 e. The predicted octanol–water partition coefficient (Wildman–Crippen LogP) is 4.17. The number of aromatic hydroxyl groups is 1. The van der Waals surface area contributed by atoms with Gasteiger partial charge in [-0.2, -0.15) is 5.10 Å². The molecule has 5 rings (SSSR count). The van der Waals surface area contributed by atoms with E-state index in [0.717, 1.165) is 22.5 Å². The number of nitrogens with zero attached hydrogens (tertiary/aromatic N) is 3. The van der Waals surface area contributed by atoms with Gasteiger partial charge in [-0.1, -0.05) is 30.3 Å². The number of hydrogen-bond acceptors (Lipinski definition) is 5. The number of halogens is 1. The van der Waals surface area contributed by atoms with Crippen LogP contribution in [0.3, 0.4) is 0 Å². The number of carbonyl (C=O) groups is 1. The van der Waals surface area contributed by atoms with Crippen LogP contribution >= 0.6 is 0 Å². The Balaban J connectivity index is 1.55. The number of phenolic OH excluding ortho intramolecular Hbond substituents is 1. The van der Waals surface area contributed by atoms with Gasteiger partial charge in [0.2, 0.25) is 0 Å². The largest absolute Gasteiger partial charge is 0.507 e. The highest BCUT2D eigenvalue weighted by Crippen LogP contribution is 2.35. The lowest BCUT2D eigenvalue weighted by Crippen LogP contribution is -2.18. The van der Waals surface area contributed by atoms with Gasteiger partial charge in [0.05, 0.1) is 17.9 Å². The summed E-state index contributed by atoms with van der Waals surface area (Å²) in [5, 5.41) is 24.2. The first-order valence-electron chi connectivity index (χ1n) is 10.8. The molecule has 0 radical (unpaired) electrons. The lowest BCUT2D eigenvalue weighted by Gasteiger charge is -2.14. The summed E-state index contributed by atoms with van der Waals surface area (Å²) in [4.78, 5) is 14.0. The number of rotatable bonds is 5. The Morgan fingerprint density at radius 1 is 1.06 bits per heavy atom. The molecular weight excluding hydrogens is 435 g/mol. The Labute approximate surface area is 195 Å². The molecule has 1 aliphatic rings. The monoisotopic (exact) mass is 458 g/mol. The lowest BCUT2D eigenvalue weighted by atomic mass is 9.99. The van der Waals surface area contributed by atoms with Gasteiger partial charge in [0.15, 0.2) is 0 Å². The number of phenols is 1. The third-order valence-corrected chi connectivity index (χ3v) is 6.04. The molecule has 2 heterocycles. The summed E-state index contributed by atoms with van der Waals surface area (Å²) in [6.07, 6.45) is 0. The zero-order chi connectivity index (χ0) is 23.8. The van der Waals surface area contributed by atoms with Crippen molar-refractivity contribution < 1.29 is 19.5 Å². The Morgan fingerprint density at radius 2 is 1.88 bits per heavy atom. The molecule has 3 aromatic carbocycles. The van der Waals surface area contributed by atoms with Gasteiger partial charge < -0.3 is 5.11 Å². The number of hydrogen-bond donors (Lipinski definition) is 3. The van der Waals surface area contributed by atoms with Gasteiger partial charge in [-0.25, -0.2) is 9.87 Å². The Kier molecular flexibility index (Phi) is 5.61. The van der Waals surface area contributed by atoms with Crippen molar-refractivity contribution >= 4 is 5.91 Å². The van der Waals surface area contributed by atoms with Crippen LogP contribution in [0.2, 0.25) is 0 Å². The molecule has 0 aliphatic carbocycles. The second-order valence-corrected chi connectivity index (χ2v) is 8.46. The van der Waals surface area contributed by atoms with Crippen molar-refractivity contribution in [3.05, 3.63) is 94.9 Å². The second-order valence-electron chi connectivity index (χ2n) is 8.46. The summed E-state index contributed by atoms with van der Waals surface area (Å²) in [7, 11) is 2.01. The number of hydroxylamine groups is 1. The van der Waals surface area contributed by atoms with Gasteiger partial charge in [0.25, 0.3) is 5.91 Å². The fourth-order valence-corrected chi connectivity index (χ4v) is 4.47. The molecule has 0 bridgehead atoms. The number of carbonyl (C=O) groups excluding carboxylic acids is 1. The molecule has 34 heavy (non-hydrogen) atoms. The summed E-state index contributed by atoms with van der Waals surface area (Å²) in [5.41, 5.74) is 7.13. The van der Waals surface area contributed by atoms with Gasteiger partial charge in [0.1, 0.15) is 11.6 Å². The summed E-state index contributed by atoms with van der Waals surface area (Å²) in [5.74, 6) is -0.876. The van der Waals surface area contributed by atoms with Crippen LogP contribution < -0.4 is 5.48 Å². The van der Waals surface area contributed by atoms with Crippen LogP contribution in [0.1, 0.15) is 27.2 Å². The Bertz CT molecular complexity index is 1400. The fraction of sp³-hybridized carbons (Fsp3) is 0.154. The maximum Gasteiger partial charge on any atom is 0.274 e. The van der Waals surface area contributed by atoms with E-state index < -0.39 is 5.91 Å². The van der Waals surface area contributed by atoms with Crippen molar-refractivity contribution in [2.75, 3.05) is 7.05 Å². The average molecular weight is 458 g/mol. The Hall–Kier alpha value is -4.01. The molecule has 0 unspecified atom stereocenters. The van der Waals surface area contributed by atoms with Gasteiger partial charge in [0, 0.05) is 35.3 Å². The molecule has 0 fully saturated rings. The molecule has 8 heteroatoms. The standard InChI is InChI=1S/C26H23FN4O3/c1-30-14-21-23(15-30)28-31(25(21)19-7-2-3-8-22(19)27)13-16-9-10-24(32)20(11-16)17-5-4-6-18(12-17)26(33)29-34/h2-12,32,34H,13-15H2,1H3,(H,29,33). The number of nitrogens with one attached hydrogen (secondary N) is 1. The minimum atomic E-state index is -0.636. The third-order valence-electron chi connectivity index (χ3n) is 6.04. The van der Waals surface area contributed by atoms with E-state index in [1.807, 2.05) is 23.9 Å². The minimum absolute atomic E-state index is 0.0595. The SMILES string of the molecule is CN1Cc2nn(Cc3ccc(O)c(-c4cccc(C(=O)NO)c4)c3)c(-c3ccccc3F)c2C1. The Morgan fingerprint density at radius 3 is 2.68 bits per heavy atom. The van der Waals surface area contributed by atoms with E-state index >= 15 is 0 Å². The zero-order valence-electron chi connectivity index (χ0n) is 18.5. The first kappa shape index (κ1) is 21.8. The predicted molar refractivity (Wildman–Crippen MR) is 125 cm³/mol. The van der Waals surface area contributed by atoms with Crippen LogP contribution in [0.15, 0.2) is 66.7 Å². The smallest absolute Gasteiger partial charge is 0.274 e. The average Bonchev–Trinajstić information content (AvgIpc) is 3.35. The highest BCUT2D eigenvalue weighted by Gasteiger charge is 2.27. The van der Waals surface area contributed by atoms with Gasteiger partial charge >= 0.3 is 0 Å². The maximum atomic E-state index is 14.8. The van der Waals surface area contributed by atoms with Gasteiger partial charge in [-0.15, -0.1) is 0 Å².